The van der Waals surface area contributed by atoms with Gasteiger partial charge in [0.05, 0.1) is 15.3 Å². The molecule has 1 atom stereocenters. The molecule has 0 aliphatic carbocycles. The summed E-state index contributed by atoms with van der Waals surface area (Å²) >= 11 is 15.1. The minimum absolute atomic E-state index is 0.138. The molecule has 1 nitrogen and oxygen atoms in total. The van der Waals surface area contributed by atoms with Gasteiger partial charge >= 0.3 is 0 Å². The highest BCUT2D eigenvalue weighted by atomic mass is 79.9. The van der Waals surface area contributed by atoms with Crippen LogP contribution < -0.4 is 4.74 Å². The smallest absolute Gasteiger partial charge is 0.119 e. The quantitative estimate of drug-likeness (QED) is 0.517. The van der Waals surface area contributed by atoms with E-state index in [9.17, 15) is 0 Å². The average Bonchev–Trinajstić information content (AvgIpc) is 2.69. The van der Waals surface area contributed by atoms with Gasteiger partial charge in [0.1, 0.15) is 5.75 Å². The van der Waals surface area contributed by atoms with Gasteiger partial charge < -0.3 is 4.74 Å². The topological polar surface area (TPSA) is 9.23 Å². The molecule has 1 unspecified atom stereocenters. The van der Waals surface area contributed by atoms with Gasteiger partial charge in [-0.05, 0) is 69.5 Å². The molecule has 1 aromatic carbocycles. The fourth-order valence-electron chi connectivity index (χ4n) is 1.64. The zero-order valence-electron chi connectivity index (χ0n) is 10.5. The molecule has 5 heteroatoms. The van der Waals surface area contributed by atoms with Crippen LogP contribution in [0.25, 0.3) is 0 Å². The number of thiophene rings is 1. The van der Waals surface area contributed by atoms with Gasteiger partial charge in [-0.3, -0.25) is 0 Å². The fraction of sp³-hybridized carbons (Fsp3) is 0.286. The molecule has 0 saturated carbocycles. The van der Waals surface area contributed by atoms with Crippen LogP contribution >= 0.6 is 54.8 Å². The molecule has 1 heterocycles. The van der Waals surface area contributed by atoms with E-state index in [2.05, 4.69) is 31.9 Å². The van der Waals surface area contributed by atoms with Gasteiger partial charge in [0.2, 0.25) is 0 Å². The molecule has 102 valence electrons. The van der Waals surface area contributed by atoms with Gasteiger partial charge in [-0.1, -0.05) is 12.1 Å². The monoisotopic (exact) mass is 422 g/mol. The van der Waals surface area contributed by atoms with E-state index >= 15 is 0 Å². The largest absolute Gasteiger partial charge is 0.491 e. The van der Waals surface area contributed by atoms with Crippen molar-refractivity contribution in [3.05, 3.63) is 49.0 Å². The van der Waals surface area contributed by atoms with E-state index in [-0.39, 0.29) is 11.5 Å². The van der Waals surface area contributed by atoms with Gasteiger partial charge in [-0.15, -0.1) is 22.9 Å². The van der Waals surface area contributed by atoms with Gasteiger partial charge in [-0.2, -0.15) is 0 Å². The maximum Gasteiger partial charge on any atom is 0.119 e. The Labute approximate surface area is 139 Å². The zero-order valence-corrected chi connectivity index (χ0v) is 15.2. The third-order valence-electron chi connectivity index (χ3n) is 2.46. The number of alkyl halides is 1. The lowest BCUT2D eigenvalue weighted by Gasteiger charge is -2.12. The van der Waals surface area contributed by atoms with Crippen molar-refractivity contribution in [1.82, 2.24) is 0 Å². The van der Waals surface area contributed by atoms with Crippen LogP contribution in [0.4, 0.5) is 0 Å². The molecule has 1 aromatic heterocycles. The predicted molar refractivity (Wildman–Crippen MR) is 89.6 cm³/mol. The molecule has 19 heavy (non-hydrogen) atoms. The van der Waals surface area contributed by atoms with Crippen molar-refractivity contribution in [3.63, 3.8) is 0 Å². The normalized spacial score (nSPS) is 12.7. The van der Waals surface area contributed by atoms with Crippen LogP contribution in [0.5, 0.6) is 5.75 Å². The van der Waals surface area contributed by atoms with Crippen LogP contribution in [-0.2, 0) is 0 Å². The molecule has 0 amide bonds. The first kappa shape index (κ1) is 15.4. The van der Waals surface area contributed by atoms with Gasteiger partial charge in [0.25, 0.3) is 0 Å². The number of hydrogen-bond donors (Lipinski definition) is 0. The van der Waals surface area contributed by atoms with Crippen LogP contribution in [-0.4, -0.2) is 6.10 Å². The molecule has 0 aliphatic rings. The molecule has 0 saturated heterocycles. The highest BCUT2D eigenvalue weighted by Crippen LogP contribution is 2.40. The number of ether oxygens (including phenoxy) is 1. The Morgan fingerprint density at radius 2 is 1.79 bits per heavy atom. The fourth-order valence-corrected chi connectivity index (χ4v) is 4.08. The summed E-state index contributed by atoms with van der Waals surface area (Å²) in [6.07, 6.45) is 0.182. The van der Waals surface area contributed by atoms with Gasteiger partial charge in [0, 0.05) is 9.35 Å². The summed E-state index contributed by atoms with van der Waals surface area (Å²) in [4.78, 5) is 1.11. The second-order valence-electron chi connectivity index (χ2n) is 4.37. The Kier molecular flexibility index (Phi) is 5.35. The Morgan fingerprint density at radius 1 is 1.16 bits per heavy atom. The summed E-state index contributed by atoms with van der Waals surface area (Å²) < 4.78 is 7.72. The third kappa shape index (κ3) is 3.97. The molecule has 0 spiro atoms. The number of rotatable bonds is 4. The minimum Gasteiger partial charge on any atom is -0.491 e. The Bertz CT molecular complexity index is 532. The minimum atomic E-state index is -0.138. The zero-order chi connectivity index (χ0) is 14.0. The second-order valence-corrected chi connectivity index (χ2v) is 8.06. The lowest BCUT2D eigenvalue weighted by Crippen LogP contribution is -2.05. The van der Waals surface area contributed by atoms with Crippen LogP contribution in [0.2, 0.25) is 0 Å². The average molecular weight is 425 g/mol. The molecule has 2 rings (SSSR count). The molecule has 0 bridgehead atoms. The third-order valence-corrected chi connectivity index (χ3v) is 6.40. The SMILES string of the molecule is CC(C)Oc1ccc(C(Cl)c2cc(Br)c(Br)s2)cc1. The van der Waals surface area contributed by atoms with Gasteiger partial charge in [-0.25, -0.2) is 0 Å². The summed E-state index contributed by atoms with van der Waals surface area (Å²) in [5, 5.41) is -0.138. The summed E-state index contributed by atoms with van der Waals surface area (Å²) in [5.74, 6) is 0.871. The van der Waals surface area contributed by atoms with Crippen molar-refractivity contribution >= 4 is 54.8 Å². The van der Waals surface area contributed by atoms with Crippen LogP contribution in [0.3, 0.4) is 0 Å². The molecule has 2 aromatic rings. The Morgan fingerprint density at radius 3 is 2.26 bits per heavy atom. The molecule has 0 fully saturated rings. The maximum absolute atomic E-state index is 6.50. The van der Waals surface area contributed by atoms with E-state index in [1.165, 1.54) is 0 Å². The maximum atomic E-state index is 6.50. The molecule has 0 N–H and O–H groups in total. The molecular formula is C14H13Br2ClOS. The van der Waals surface area contributed by atoms with E-state index < -0.39 is 0 Å². The van der Waals surface area contributed by atoms with Crippen molar-refractivity contribution in [2.24, 2.45) is 0 Å². The number of benzene rings is 1. The lowest BCUT2D eigenvalue weighted by molar-refractivity contribution is 0.242. The lowest BCUT2D eigenvalue weighted by atomic mass is 10.1. The standard InChI is InChI=1S/C14H13Br2ClOS/c1-8(2)18-10-5-3-9(4-6-10)13(17)12-7-11(15)14(16)19-12/h3-8,13H,1-2H3. The van der Waals surface area contributed by atoms with E-state index in [0.717, 1.165) is 24.4 Å². The van der Waals surface area contributed by atoms with E-state index in [1.807, 2.05) is 44.2 Å². The molecule has 0 aliphatic heterocycles. The van der Waals surface area contributed by atoms with Crippen molar-refractivity contribution in [3.8, 4) is 5.75 Å². The van der Waals surface area contributed by atoms with Crippen LogP contribution in [0.15, 0.2) is 38.6 Å². The summed E-state index contributed by atoms with van der Waals surface area (Å²) in [5.41, 5.74) is 1.07. The van der Waals surface area contributed by atoms with E-state index in [1.54, 1.807) is 11.3 Å². The highest BCUT2D eigenvalue weighted by molar-refractivity contribution is 9.13. The first-order valence-electron chi connectivity index (χ1n) is 5.83. The first-order chi connectivity index (χ1) is 8.97. The number of hydrogen-bond acceptors (Lipinski definition) is 2. The number of halogens is 3. The van der Waals surface area contributed by atoms with E-state index in [4.69, 9.17) is 16.3 Å². The summed E-state index contributed by atoms with van der Waals surface area (Å²) in [7, 11) is 0. The molecule has 0 radical (unpaired) electrons. The van der Waals surface area contributed by atoms with Crippen molar-refractivity contribution < 1.29 is 4.74 Å². The van der Waals surface area contributed by atoms with Crippen molar-refractivity contribution in [1.29, 1.82) is 0 Å². The van der Waals surface area contributed by atoms with Gasteiger partial charge in [0.15, 0.2) is 0 Å². The second kappa shape index (κ2) is 6.61. The van der Waals surface area contributed by atoms with Crippen LogP contribution in [0, 0.1) is 0 Å². The summed E-state index contributed by atoms with van der Waals surface area (Å²) in [6, 6.07) is 9.99. The summed E-state index contributed by atoms with van der Waals surface area (Å²) in [6.45, 7) is 4.03. The Hall–Kier alpha value is -0.0300. The highest BCUT2D eigenvalue weighted by Gasteiger charge is 2.15. The van der Waals surface area contributed by atoms with E-state index in [0.29, 0.717) is 0 Å². The molecular weight excluding hydrogens is 411 g/mol. The van der Waals surface area contributed by atoms with Crippen molar-refractivity contribution in [2.45, 2.75) is 25.3 Å². The van der Waals surface area contributed by atoms with Crippen LogP contribution in [0.1, 0.15) is 29.7 Å². The predicted octanol–water partition coefficient (Wildman–Crippen LogP) is 6.39. The van der Waals surface area contributed by atoms with Crippen molar-refractivity contribution in [2.75, 3.05) is 0 Å². The first-order valence-corrected chi connectivity index (χ1v) is 8.66. The Balaban J connectivity index is 2.17.